The van der Waals surface area contributed by atoms with E-state index in [4.69, 9.17) is 0 Å². The lowest BCUT2D eigenvalue weighted by molar-refractivity contribution is -0.385. The topological polar surface area (TPSA) is 162 Å². The maximum Gasteiger partial charge on any atom is 0.282 e. The van der Waals surface area contributed by atoms with Crippen molar-refractivity contribution in [3.05, 3.63) is 80.5 Å². The number of sulfone groups is 1. The van der Waals surface area contributed by atoms with Crippen LogP contribution in [0.25, 0.3) is 0 Å². The van der Waals surface area contributed by atoms with E-state index in [0.717, 1.165) is 30.5 Å². The average molecular weight is 434 g/mol. The van der Waals surface area contributed by atoms with E-state index in [1.807, 2.05) is 0 Å². The molecule has 0 unspecified atom stereocenters. The van der Waals surface area contributed by atoms with Crippen LogP contribution in [0.15, 0.2) is 63.8 Å². The summed E-state index contributed by atoms with van der Waals surface area (Å²) in [5.74, 6) is -0.814. The number of carbonyl (C=O) groups excluding carboxylic acids is 1. The standard InChI is InChI=1S/C16H10N4O7S2/c21-15(12-3-1-2-4-13(12)20(24)25)18-16-17-9-14(28-16)29(26,27)11-7-5-10(6-8-11)19(22)23/h1-9H,(H,17,18,21). The SMILES string of the molecule is O=C(Nc1ncc(S(=O)(=O)c2ccc([N+](=O)[O-])cc2)s1)c1ccccc1[N+](=O)[O-]. The molecule has 0 saturated heterocycles. The van der Waals surface area contributed by atoms with Crippen molar-refractivity contribution in [1.82, 2.24) is 4.98 Å². The third-order valence-electron chi connectivity index (χ3n) is 3.67. The number of nitrogens with zero attached hydrogens (tertiary/aromatic N) is 3. The number of non-ortho nitro benzene ring substituents is 1. The van der Waals surface area contributed by atoms with E-state index in [2.05, 4.69) is 10.3 Å². The summed E-state index contributed by atoms with van der Waals surface area (Å²) in [4.78, 5) is 36.3. The van der Waals surface area contributed by atoms with Gasteiger partial charge in [-0.15, -0.1) is 0 Å². The highest BCUT2D eigenvalue weighted by atomic mass is 32.2. The molecular weight excluding hydrogens is 424 g/mol. The highest BCUT2D eigenvalue weighted by Gasteiger charge is 2.24. The van der Waals surface area contributed by atoms with Crippen LogP contribution in [-0.4, -0.2) is 29.2 Å². The molecule has 1 N–H and O–H groups in total. The minimum Gasteiger partial charge on any atom is -0.298 e. The van der Waals surface area contributed by atoms with Crippen LogP contribution in [-0.2, 0) is 9.84 Å². The molecule has 1 heterocycles. The Bertz CT molecular complexity index is 1220. The summed E-state index contributed by atoms with van der Waals surface area (Å²) in [6.45, 7) is 0. The lowest BCUT2D eigenvalue weighted by atomic mass is 10.1. The van der Waals surface area contributed by atoms with Crippen LogP contribution in [0, 0.1) is 20.2 Å². The number of nitro benzene ring substituents is 2. The van der Waals surface area contributed by atoms with Gasteiger partial charge >= 0.3 is 0 Å². The Morgan fingerprint density at radius 3 is 2.28 bits per heavy atom. The predicted octanol–water partition coefficient (Wildman–Crippen LogP) is 3.04. The molecule has 0 aliphatic heterocycles. The second kappa shape index (κ2) is 7.73. The average Bonchev–Trinajstić information content (AvgIpc) is 3.17. The van der Waals surface area contributed by atoms with E-state index < -0.39 is 31.3 Å². The van der Waals surface area contributed by atoms with Gasteiger partial charge in [0.25, 0.3) is 17.3 Å². The Hall–Kier alpha value is -3.71. The minimum absolute atomic E-state index is 0.0753. The normalized spacial score (nSPS) is 11.0. The molecule has 0 aliphatic carbocycles. The smallest absolute Gasteiger partial charge is 0.282 e. The lowest BCUT2D eigenvalue weighted by Gasteiger charge is -2.03. The highest BCUT2D eigenvalue weighted by Crippen LogP contribution is 2.30. The van der Waals surface area contributed by atoms with Gasteiger partial charge in [0.05, 0.1) is 20.9 Å². The number of amides is 1. The molecule has 11 nitrogen and oxygen atoms in total. The molecule has 148 valence electrons. The van der Waals surface area contributed by atoms with Gasteiger partial charge in [0.2, 0.25) is 9.84 Å². The van der Waals surface area contributed by atoms with Crippen LogP contribution in [0.5, 0.6) is 0 Å². The number of benzene rings is 2. The number of para-hydroxylation sites is 1. The number of carbonyl (C=O) groups is 1. The second-order valence-corrected chi connectivity index (χ2v) is 8.67. The summed E-state index contributed by atoms with van der Waals surface area (Å²) in [6, 6.07) is 9.60. The van der Waals surface area contributed by atoms with E-state index in [1.165, 1.54) is 24.3 Å². The molecule has 3 aromatic rings. The van der Waals surface area contributed by atoms with Crippen molar-refractivity contribution in [2.75, 3.05) is 5.32 Å². The third kappa shape index (κ3) is 4.09. The summed E-state index contributed by atoms with van der Waals surface area (Å²) >= 11 is 0.648. The fourth-order valence-corrected chi connectivity index (χ4v) is 4.72. The molecule has 0 bridgehead atoms. The van der Waals surface area contributed by atoms with E-state index >= 15 is 0 Å². The van der Waals surface area contributed by atoms with E-state index in [0.29, 0.717) is 11.3 Å². The van der Waals surface area contributed by atoms with Gasteiger partial charge in [0.1, 0.15) is 9.77 Å². The van der Waals surface area contributed by atoms with Gasteiger partial charge < -0.3 is 0 Å². The molecule has 0 fully saturated rings. The van der Waals surface area contributed by atoms with Gasteiger partial charge in [-0.05, 0) is 18.2 Å². The first-order valence-electron chi connectivity index (χ1n) is 7.70. The van der Waals surface area contributed by atoms with Gasteiger partial charge in [0.15, 0.2) is 5.13 Å². The number of nitro groups is 2. The van der Waals surface area contributed by atoms with Crippen molar-refractivity contribution in [3.8, 4) is 0 Å². The molecule has 29 heavy (non-hydrogen) atoms. The molecular formula is C16H10N4O7S2. The molecule has 2 aromatic carbocycles. The molecule has 3 rings (SSSR count). The number of aromatic nitrogens is 1. The summed E-state index contributed by atoms with van der Waals surface area (Å²) in [7, 11) is -4.01. The van der Waals surface area contributed by atoms with Gasteiger partial charge in [0, 0.05) is 18.2 Å². The van der Waals surface area contributed by atoms with Crippen LogP contribution in [0.3, 0.4) is 0 Å². The van der Waals surface area contributed by atoms with Crippen LogP contribution >= 0.6 is 11.3 Å². The molecule has 1 amide bonds. The zero-order valence-electron chi connectivity index (χ0n) is 14.2. The number of rotatable bonds is 6. The summed E-state index contributed by atoms with van der Waals surface area (Å²) in [6.07, 6.45) is 1.02. The first kappa shape index (κ1) is 20.0. The Morgan fingerprint density at radius 2 is 1.66 bits per heavy atom. The Labute approximate surface area is 166 Å². The highest BCUT2D eigenvalue weighted by molar-refractivity contribution is 7.93. The van der Waals surface area contributed by atoms with E-state index in [1.54, 1.807) is 0 Å². The van der Waals surface area contributed by atoms with Crippen LogP contribution in [0.2, 0.25) is 0 Å². The Kier molecular flexibility index (Phi) is 5.34. The molecule has 0 spiro atoms. The number of hydrogen-bond acceptors (Lipinski definition) is 9. The molecule has 0 aliphatic rings. The molecule has 0 atom stereocenters. The minimum atomic E-state index is -4.01. The van der Waals surface area contributed by atoms with E-state index in [-0.39, 0.29) is 25.5 Å². The largest absolute Gasteiger partial charge is 0.298 e. The van der Waals surface area contributed by atoms with Crippen LogP contribution < -0.4 is 5.32 Å². The van der Waals surface area contributed by atoms with Crippen molar-refractivity contribution < 1.29 is 23.1 Å². The summed E-state index contributed by atoms with van der Waals surface area (Å²) in [5, 5.41) is 24.0. The van der Waals surface area contributed by atoms with Crippen LogP contribution in [0.4, 0.5) is 16.5 Å². The van der Waals surface area contributed by atoms with Crippen molar-refractivity contribution in [2.45, 2.75) is 9.10 Å². The van der Waals surface area contributed by atoms with E-state index in [9.17, 15) is 33.4 Å². The number of hydrogen-bond donors (Lipinski definition) is 1. The fourth-order valence-electron chi connectivity index (χ4n) is 2.29. The van der Waals surface area contributed by atoms with Gasteiger partial charge in [-0.1, -0.05) is 23.5 Å². The van der Waals surface area contributed by atoms with Crippen molar-refractivity contribution in [3.63, 3.8) is 0 Å². The summed E-state index contributed by atoms with van der Waals surface area (Å²) in [5.41, 5.74) is -0.863. The molecule has 0 radical (unpaired) electrons. The first-order chi connectivity index (χ1) is 13.7. The van der Waals surface area contributed by atoms with Crippen LogP contribution in [0.1, 0.15) is 10.4 Å². The first-order valence-corrected chi connectivity index (χ1v) is 10.0. The lowest BCUT2D eigenvalue weighted by Crippen LogP contribution is -2.13. The zero-order valence-corrected chi connectivity index (χ0v) is 15.8. The third-order valence-corrected chi connectivity index (χ3v) is 6.82. The number of anilines is 1. The molecule has 1 aromatic heterocycles. The zero-order chi connectivity index (χ0) is 21.2. The van der Waals surface area contributed by atoms with Crippen molar-refractivity contribution in [1.29, 1.82) is 0 Å². The molecule has 13 heteroatoms. The monoisotopic (exact) mass is 434 g/mol. The van der Waals surface area contributed by atoms with Crippen molar-refractivity contribution in [2.24, 2.45) is 0 Å². The van der Waals surface area contributed by atoms with Gasteiger partial charge in [-0.3, -0.25) is 30.3 Å². The predicted molar refractivity (Wildman–Crippen MR) is 102 cm³/mol. The quantitative estimate of drug-likeness (QED) is 0.457. The maximum atomic E-state index is 12.6. The Balaban J connectivity index is 1.84. The Morgan fingerprint density at radius 1 is 1.00 bits per heavy atom. The maximum absolute atomic E-state index is 12.6. The van der Waals surface area contributed by atoms with Gasteiger partial charge in [-0.25, -0.2) is 13.4 Å². The second-order valence-electron chi connectivity index (χ2n) is 5.47. The molecule has 0 saturated carbocycles. The summed E-state index contributed by atoms with van der Waals surface area (Å²) < 4.78 is 25.0. The number of thiazole rings is 1. The van der Waals surface area contributed by atoms with Gasteiger partial charge in [-0.2, -0.15) is 0 Å². The van der Waals surface area contributed by atoms with Crippen molar-refractivity contribution >= 4 is 43.6 Å². The fraction of sp³-hybridized carbons (Fsp3) is 0. The number of nitrogens with one attached hydrogen (secondary N) is 1.